The lowest BCUT2D eigenvalue weighted by molar-refractivity contribution is -0.119. The van der Waals surface area contributed by atoms with Crippen molar-refractivity contribution in [1.29, 1.82) is 0 Å². The molecule has 5 nitrogen and oxygen atoms in total. The highest BCUT2D eigenvalue weighted by molar-refractivity contribution is 7.99. The van der Waals surface area contributed by atoms with Gasteiger partial charge in [0.15, 0.2) is 0 Å². The van der Waals surface area contributed by atoms with Crippen LogP contribution in [0.4, 0.5) is 5.69 Å². The van der Waals surface area contributed by atoms with Crippen LogP contribution in [0.2, 0.25) is 0 Å². The van der Waals surface area contributed by atoms with E-state index in [2.05, 4.69) is 10.3 Å². The van der Waals surface area contributed by atoms with Crippen LogP contribution in [-0.4, -0.2) is 39.4 Å². The lowest BCUT2D eigenvalue weighted by atomic mass is 10.1. The molecule has 1 aliphatic rings. The fourth-order valence-electron chi connectivity index (χ4n) is 2.66. The number of benzene rings is 1. The first kappa shape index (κ1) is 17.5. The van der Waals surface area contributed by atoms with Crippen LogP contribution in [0.1, 0.15) is 27.2 Å². The average molecular weight is 355 g/mol. The lowest BCUT2D eigenvalue weighted by Gasteiger charge is -2.23. The van der Waals surface area contributed by atoms with E-state index in [0.29, 0.717) is 17.2 Å². The lowest BCUT2D eigenvalue weighted by Crippen LogP contribution is -2.44. The summed E-state index contributed by atoms with van der Waals surface area (Å²) >= 11 is 1.58. The zero-order valence-electron chi connectivity index (χ0n) is 14.6. The van der Waals surface area contributed by atoms with Gasteiger partial charge in [0.1, 0.15) is 6.04 Å². The first-order chi connectivity index (χ1) is 12.0. The molecule has 3 rings (SSSR count). The molecule has 1 unspecified atom stereocenters. The van der Waals surface area contributed by atoms with Crippen LogP contribution >= 0.6 is 11.8 Å². The largest absolute Gasteiger partial charge is 0.324 e. The zero-order valence-corrected chi connectivity index (χ0v) is 15.4. The van der Waals surface area contributed by atoms with Gasteiger partial charge in [0.25, 0.3) is 5.91 Å². The van der Waals surface area contributed by atoms with Gasteiger partial charge in [-0.3, -0.25) is 14.6 Å². The van der Waals surface area contributed by atoms with Crippen LogP contribution in [0.5, 0.6) is 0 Å². The predicted molar refractivity (Wildman–Crippen MR) is 101 cm³/mol. The van der Waals surface area contributed by atoms with Gasteiger partial charge < -0.3 is 10.2 Å². The molecule has 0 aliphatic carbocycles. The van der Waals surface area contributed by atoms with Crippen molar-refractivity contribution in [1.82, 2.24) is 9.88 Å². The molecule has 0 spiro atoms. The van der Waals surface area contributed by atoms with Gasteiger partial charge in [-0.2, -0.15) is 0 Å². The third-order valence-corrected chi connectivity index (χ3v) is 5.39. The Morgan fingerprint density at radius 2 is 1.96 bits per heavy atom. The smallest absolute Gasteiger partial charge is 0.256 e. The Hall–Kier alpha value is -2.34. The second-order valence-electron chi connectivity index (χ2n) is 6.27. The molecular formula is C19H21N3O2S. The number of pyridine rings is 1. The number of aryl methyl sites for hydroxylation is 3. The maximum atomic E-state index is 12.7. The second-order valence-corrected chi connectivity index (χ2v) is 7.27. The minimum atomic E-state index is -0.472. The van der Waals surface area contributed by atoms with E-state index in [1.807, 2.05) is 39.0 Å². The average Bonchev–Trinajstić information content (AvgIpc) is 3.08. The molecular weight excluding hydrogens is 334 g/mol. The van der Waals surface area contributed by atoms with Gasteiger partial charge in [-0.05, 0) is 56.2 Å². The number of nitrogens with zero attached hydrogens (tertiary/aromatic N) is 2. The van der Waals surface area contributed by atoms with E-state index in [4.69, 9.17) is 0 Å². The van der Waals surface area contributed by atoms with E-state index < -0.39 is 6.04 Å². The molecule has 25 heavy (non-hydrogen) atoms. The first-order valence-electron chi connectivity index (χ1n) is 8.15. The van der Waals surface area contributed by atoms with E-state index >= 15 is 0 Å². The number of carbonyl (C=O) groups is 2. The first-order valence-corrected chi connectivity index (χ1v) is 9.30. The summed E-state index contributed by atoms with van der Waals surface area (Å²) in [6.45, 7) is 5.92. The zero-order chi connectivity index (χ0) is 18.0. The maximum Gasteiger partial charge on any atom is 0.256 e. The number of aromatic nitrogens is 1. The van der Waals surface area contributed by atoms with E-state index in [0.717, 1.165) is 16.9 Å². The Bertz CT molecular complexity index is 805. The normalized spacial score (nSPS) is 16.8. The van der Waals surface area contributed by atoms with Crippen molar-refractivity contribution in [3.05, 3.63) is 58.9 Å². The molecule has 2 aromatic rings. The number of thioether (sulfide) groups is 1. The Morgan fingerprint density at radius 1 is 1.16 bits per heavy atom. The molecule has 1 saturated heterocycles. The molecule has 1 atom stereocenters. The van der Waals surface area contributed by atoms with Gasteiger partial charge >= 0.3 is 0 Å². The molecule has 0 bridgehead atoms. The summed E-state index contributed by atoms with van der Waals surface area (Å²) in [5.74, 6) is 0.804. The summed E-state index contributed by atoms with van der Waals surface area (Å²) in [5.41, 5.74) is 4.43. The number of carbonyl (C=O) groups excluding carboxylic acids is 2. The van der Waals surface area contributed by atoms with Crippen molar-refractivity contribution in [2.24, 2.45) is 0 Å². The highest BCUT2D eigenvalue weighted by atomic mass is 32.2. The third kappa shape index (κ3) is 3.85. The van der Waals surface area contributed by atoms with Crippen molar-refractivity contribution in [2.75, 3.05) is 16.9 Å². The highest BCUT2D eigenvalue weighted by Crippen LogP contribution is 2.24. The van der Waals surface area contributed by atoms with Crippen LogP contribution in [0.25, 0.3) is 0 Å². The Morgan fingerprint density at radius 3 is 2.64 bits per heavy atom. The maximum absolute atomic E-state index is 12.7. The molecule has 6 heteroatoms. The van der Waals surface area contributed by atoms with Gasteiger partial charge in [-0.25, -0.2) is 0 Å². The van der Waals surface area contributed by atoms with Crippen LogP contribution in [0.3, 0.4) is 0 Å². The molecule has 0 radical (unpaired) electrons. The van der Waals surface area contributed by atoms with Crippen molar-refractivity contribution < 1.29 is 9.59 Å². The van der Waals surface area contributed by atoms with E-state index in [-0.39, 0.29) is 11.8 Å². The third-order valence-electron chi connectivity index (χ3n) is 4.38. The number of anilines is 1. The predicted octanol–water partition coefficient (Wildman–Crippen LogP) is 3.16. The Labute approximate surface area is 151 Å². The van der Waals surface area contributed by atoms with Gasteiger partial charge in [0.05, 0.1) is 11.4 Å². The molecule has 1 fully saturated rings. The molecule has 1 N–H and O–H groups in total. The van der Waals surface area contributed by atoms with Crippen molar-refractivity contribution in [2.45, 2.75) is 26.8 Å². The van der Waals surface area contributed by atoms with Crippen molar-refractivity contribution in [3.63, 3.8) is 0 Å². The summed E-state index contributed by atoms with van der Waals surface area (Å²) in [4.78, 5) is 31.2. The van der Waals surface area contributed by atoms with Gasteiger partial charge in [-0.15, -0.1) is 11.8 Å². The fraction of sp³-hybridized carbons (Fsp3) is 0.316. The van der Waals surface area contributed by atoms with E-state index in [1.54, 1.807) is 35.0 Å². The number of rotatable bonds is 3. The minimum absolute atomic E-state index is 0.151. The van der Waals surface area contributed by atoms with Gasteiger partial charge in [-0.1, -0.05) is 6.07 Å². The molecule has 2 heterocycles. The number of hydrogen-bond donors (Lipinski definition) is 1. The topological polar surface area (TPSA) is 62.3 Å². The number of hydrogen-bond acceptors (Lipinski definition) is 4. The Balaban J connectivity index is 1.74. The molecule has 130 valence electrons. The van der Waals surface area contributed by atoms with E-state index in [9.17, 15) is 9.59 Å². The molecule has 0 saturated carbocycles. The summed E-state index contributed by atoms with van der Waals surface area (Å²) in [5, 5.41) is 2.94. The summed E-state index contributed by atoms with van der Waals surface area (Å²) in [6.07, 6.45) is 1.57. The van der Waals surface area contributed by atoms with E-state index in [1.165, 1.54) is 5.56 Å². The monoisotopic (exact) mass is 355 g/mol. The quantitative estimate of drug-likeness (QED) is 0.919. The summed E-state index contributed by atoms with van der Waals surface area (Å²) in [7, 11) is 0. The number of amides is 2. The van der Waals surface area contributed by atoms with Crippen molar-refractivity contribution in [3.8, 4) is 0 Å². The summed E-state index contributed by atoms with van der Waals surface area (Å²) in [6, 6.07) is 8.91. The Kier molecular flexibility index (Phi) is 5.08. The van der Waals surface area contributed by atoms with Crippen LogP contribution in [0.15, 0.2) is 36.5 Å². The second kappa shape index (κ2) is 7.27. The fourth-order valence-corrected chi connectivity index (χ4v) is 3.82. The standard InChI is InChI=1S/C19H21N3O2S/c1-12-4-7-16(8-13(12)2)21-18(23)17-10-25-11-22(17)19(24)15-6-5-14(3)20-9-15/h4-9,17H,10-11H2,1-3H3,(H,21,23). The van der Waals surface area contributed by atoms with Crippen molar-refractivity contribution >= 4 is 29.3 Å². The van der Waals surface area contributed by atoms with Gasteiger partial charge in [0, 0.05) is 23.3 Å². The highest BCUT2D eigenvalue weighted by Gasteiger charge is 2.35. The van der Waals surface area contributed by atoms with Crippen LogP contribution in [0, 0.1) is 20.8 Å². The van der Waals surface area contributed by atoms with Gasteiger partial charge in [0.2, 0.25) is 5.91 Å². The van der Waals surface area contributed by atoms with Crippen LogP contribution in [-0.2, 0) is 4.79 Å². The molecule has 1 aliphatic heterocycles. The minimum Gasteiger partial charge on any atom is -0.324 e. The molecule has 1 aromatic heterocycles. The number of nitrogens with one attached hydrogen (secondary N) is 1. The van der Waals surface area contributed by atoms with Crippen LogP contribution < -0.4 is 5.32 Å². The SMILES string of the molecule is Cc1ccc(C(=O)N2CSCC2C(=O)Nc2ccc(C)c(C)c2)cn1. The summed E-state index contributed by atoms with van der Waals surface area (Å²) < 4.78 is 0. The molecule has 2 amide bonds. The molecule has 1 aromatic carbocycles.